The van der Waals surface area contributed by atoms with Gasteiger partial charge in [0.25, 0.3) is 0 Å². The van der Waals surface area contributed by atoms with Crippen LogP contribution in [0.3, 0.4) is 0 Å². The smallest absolute Gasteiger partial charge is 0.141 e. The Hall–Kier alpha value is -0.800. The van der Waals surface area contributed by atoms with E-state index in [0.29, 0.717) is 5.15 Å². The van der Waals surface area contributed by atoms with E-state index < -0.39 is 0 Å². The van der Waals surface area contributed by atoms with Crippen LogP contribution < -0.4 is 0 Å². The summed E-state index contributed by atoms with van der Waals surface area (Å²) in [5, 5.41) is 0.635. The highest BCUT2D eigenvalue weighted by atomic mass is 79.9. The van der Waals surface area contributed by atoms with Crippen molar-refractivity contribution in [1.29, 1.82) is 0 Å². The number of hydrogen-bond donors (Lipinski definition) is 0. The van der Waals surface area contributed by atoms with E-state index in [2.05, 4.69) is 20.9 Å². The summed E-state index contributed by atoms with van der Waals surface area (Å²) in [6.07, 6.45) is 1.65. The zero-order chi connectivity index (χ0) is 10.1. The van der Waals surface area contributed by atoms with Crippen LogP contribution >= 0.6 is 27.5 Å². The summed E-state index contributed by atoms with van der Waals surface area (Å²) in [5.41, 5.74) is 1.04. The Balaban J connectivity index is 2.60. The monoisotopic (exact) mass is 270 g/mol. The van der Waals surface area contributed by atoms with Crippen LogP contribution in [0, 0.1) is 0 Å². The summed E-state index contributed by atoms with van der Waals surface area (Å²) < 4.78 is 2.87. The highest BCUT2D eigenvalue weighted by Gasteiger charge is 2.09. The predicted octanol–water partition coefficient (Wildman–Crippen LogP) is 3.50. The Bertz CT molecular complexity index is 465. The van der Waals surface area contributed by atoms with Crippen molar-refractivity contribution in [2.45, 2.75) is 0 Å². The number of halogens is 2. The van der Waals surface area contributed by atoms with Gasteiger partial charge in [-0.25, -0.2) is 4.98 Å². The first-order valence-corrected chi connectivity index (χ1v) is 5.29. The summed E-state index contributed by atoms with van der Waals surface area (Å²) >= 11 is 9.40. The van der Waals surface area contributed by atoms with Gasteiger partial charge in [-0.05, 0) is 6.07 Å². The van der Waals surface area contributed by atoms with Crippen LogP contribution in [-0.2, 0) is 7.05 Å². The van der Waals surface area contributed by atoms with Gasteiger partial charge in [-0.1, -0.05) is 45.7 Å². The molecule has 0 bridgehead atoms. The van der Waals surface area contributed by atoms with Crippen molar-refractivity contribution in [3.05, 3.63) is 40.1 Å². The van der Waals surface area contributed by atoms with Gasteiger partial charge in [-0.2, -0.15) is 0 Å². The Morgan fingerprint density at radius 1 is 1.36 bits per heavy atom. The normalized spacial score (nSPS) is 10.5. The fourth-order valence-electron chi connectivity index (χ4n) is 1.28. The molecule has 2 aromatic rings. The second kappa shape index (κ2) is 3.75. The summed E-state index contributed by atoms with van der Waals surface area (Å²) in [4.78, 5) is 4.25. The Labute approximate surface area is 95.7 Å². The maximum atomic E-state index is 5.92. The van der Waals surface area contributed by atoms with Crippen LogP contribution in [-0.4, -0.2) is 9.55 Å². The number of hydrogen-bond acceptors (Lipinski definition) is 1. The average molecular weight is 272 g/mol. The van der Waals surface area contributed by atoms with E-state index in [0.717, 1.165) is 15.9 Å². The van der Waals surface area contributed by atoms with Gasteiger partial charge in [0.05, 0.1) is 6.20 Å². The largest absolute Gasteiger partial charge is 0.318 e. The lowest BCUT2D eigenvalue weighted by Crippen LogP contribution is -1.93. The topological polar surface area (TPSA) is 17.8 Å². The van der Waals surface area contributed by atoms with E-state index >= 15 is 0 Å². The molecule has 1 aromatic heterocycles. The van der Waals surface area contributed by atoms with Crippen molar-refractivity contribution in [3.8, 4) is 11.4 Å². The molecule has 0 N–H and O–H groups in total. The highest BCUT2D eigenvalue weighted by molar-refractivity contribution is 9.10. The van der Waals surface area contributed by atoms with Crippen LogP contribution in [0.25, 0.3) is 11.4 Å². The van der Waals surface area contributed by atoms with E-state index in [1.165, 1.54) is 0 Å². The number of nitrogens with zero attached hydrogens (tertiary/aromatic N) is 2. The molecule has 0 aliphatic rings. The molecule has 0 radical (unpaired) electrons. The minimum absolute atomic E-state index is 0.635. The van der Waals surface area contributed by atoms with Gasteiger partial charge in [0.2, 0.25) is 0 Å². The first-order chi connectivity index (χ1) is 6.70. The van der Waals surface area contributed by atoms with E-state index in [9.17, 15) is 0 Å². The van der Waals surface area contributed by atoms with E-state index in [1.54, 1.807) is 6.20 Å². The lowest BCUT2D eigenvalue weighted by Gasteiger charge is -2.04. The molecule has 14 heavy (non-hydrogen) atoms. The molecular formula is C10H8BrClN2. The van der Waals surface area contributed by atoms with Crippen LogP contribution in [0.2, 0.25) is 5.15 Å². The molecule has 0 aliphatic heterocycles. The lowest BCUT2D eigenvalue weighted by atomic mass is 10.2. The molecule has 2 nitrogen and oxygen atoms in total. The molecule has 0 fully saturated rings. The molecule has 0 aliphatic carbocycles. The minimum Gasteiger partial charge on any atom is -0.318 e. The minimum atomic E-state index is 0.635. The Morgan fingerprint density at radius 2 is 2.07 bits per heavy atom. The maximum Gasteiger partial charge on any atom is 0.141 e. The SMILES string of the molecule is Cn1c(Cl)cnc1-c1ccccc1Br. The number of benzene rings is 1. The van der Waals surface area contributed by atoms with Crippen LogP contribution in [0.15, 0.2) is 34.9 Å². The molecule has 1 aromatic carbocycles. The third-order valence-corrected chi connectivity index (χ3v) is 3.09. The molecule has 0 atom stereocenters. The zero-order valence-electron chi connectivity index (χ0n) is 7.54. The van der Waals surface area contributed by atoms with Gasteiger partial charge < -0.3 is 4.57 Å². The van der Waals surface area contributed by atoms with Gasteiger partial charge in [0, 0.05) is 17.1 Å². The van der Waals surface area contributed by atoms with Crippen LogP contribution in [0.4, 0.5) is 0 Å². The van der Waals surface area contributed by atoms with Crippen molar-refractivity contribution in [2.75, 3.05) is 0 Å². The van der Waals surface area contributed by atoms with Gasteiger partial charge in [0.15, 0.2) is 0 Å². The van der Waals surface area contributed by atoms with Crippen LogP contribution in [0.5, 0.6) is 0 Å². The summed E-state index contributed by atoms with van der Waals surface area (Å²) in [6.45, 7) is 0. The third kappa shape index (κ3) is 1.57. The highest BCUT2D eigenvalue weighted by Crippen LogP contribution is 2.27. The van der Waals surface area contributed by atoms with Crippen LogP contribution in [0.1, 0.15) is 0 Å². The standard InChI is InChI=1S/C10H8BrClN2/c1-14-9(12)6-13-10(14)7-4-2-3-5-8(7)11/h2-6H,1H3. The van der Waals surface area contributed by atoms with E-state index in [4.69, 9.17) is 11.6 Å². The fraction of sp³-hybridized carbons (Fsp3) is 0.100. The van der Waals surface area contributed by atoms with Gasteiger partial charge in [0.1, 0.15) is 11.0 Å². The van der Waals surface area contributed by atoms with E-state index in [-0.39, 0.29) is 0 Å². The quantitative estimate of drug-likeness (QED) is 0.776. The number of imidazole rings is 1. The molecule has 0 saturated heterocycles. The second-order valence-corrected chi connectivity index (χ2v) is 4.18. The molecule has 0 amide bonds. The maximum absolute atomic E-state index is 5.92. The Kier molecular flexibility index (Phi) is 2.61. The predicted molar refractivity (Wildman–Crippen MR) is 61.4 cm³/mol. The molecule has 1 heterocycles. The summed E-state index contributed by atoms with van der Waals surface area (Å²) in [5.74, 6) is 0.863. The fourth-order valence-corrected chi connectivity index (χ4v) is 1.87. The van der Waals surface area contributed by atoms with Gasteiger partial charge in [-0.3, -0.25) is 0 Å². The van der Waals surface area contributed by atoms with Crippen molar-refractivity contribution in [3.63, 3.8) is 0 Å². The Morgan fingerprint density at radius 3 is 2.64 bits per heavy atom. The molecule has 72 valence electrons. The first-order valence-electron chi connectivity index (χ1n) is 4.12. The number of aromatic nitrogens is 2. The average Bonchev–Trinajstić information content (AvgIpc) is 2.49. The molecule has 0 spiro atoms. The van der Waals surface area contributed by atoms with Gasteiger partial charge >= 0.3 is 0 Å². The molecule has 0 unspecified atom stereocenters. The van der Waals surface area contributed by atoms with Crippen molar-refractivity contribution in [1.82, 2.24) is 9.55 Å². The van der Waals surface area contributed by atoms with Crippen molar-refractivity contribution in [2.24, 2.45) is 7.05 Å². The second-order valence-electron chi connectivity index (χ2n) is 2.94. The van der Waals surface area contributed by atoms with Crippen molar-refractivity contribution >= 4 is 27.5 Å². The third-order valence-electron chi connectivity index (χ3n) is 2.05. The summed E-state index contributed by atoms with van der Waals surface area (Å²) in [6, 6.07) is 7.93. The lowest BCUT2D eigenvalue weighted by molar-refractivity contribution is 0.925. The molecule has 2 rings (SSSR count). The first kappa shape index (κ1) is 9.74. The van der Waals surface area contributed by atoms with Gasteiger partial charge in [-0.15, -0.1) is 0 Å². The molecule has 4 heteroatoms. The molecule has 0 saturated carbocycles. The molecular weight excluding hydrogens is 263 g/mol. The van der Waals surface area contributed by atoms with E-state index in [1.807, 2.05) is 35.9 Å². The zero-order valence-corrected chi connectivity index (χ0v) is 9.88. The number of rotatable bonds is 1. The van der Waals surface area contributed by atoms with Crippen molar-refractivity contribution < 1.29 is 0 Å². The summed E-state index contributed by atoms with van der Waals surface area (Å²) in [7, 11) is 1.89.